The third-order valence-electron chi connectivity index (χ3n) is 2.15. The molecular weight excluding hydrogens is 150 g/mol. The standard InChI is InChI=1S/C10H21NO/c1-5-6-10(12-4)8-7-9(2)11-3/h10H,5-8H2,1-4H3. The largest absolute Gasteiger partial charge is 0.381 e. The van der Waals surface area contributed by atoms with Crippen LogP contribution in [0.5, 0.6) is 0 Å². The summed E-state index contributed by atoms with van der Waals surface area (Å²) in [7, 11) is 3.63. The van der Waals surface area contributed by atoms with E-state index in [0.717, 1.165) is 19.3 Å². The molecule has 72 valence electrons. The fourth-order valence-electron chi connectivity index (χ4n) is 1.18. The van der Waals surface area contributed by atoms with Crippen molar-refractivity contribution in [3.63, 3.8) is 0 Å². The summed E-state index contributed by atoms with van der Waals surface area (Å²) < 4.78 is 5.33. The van der Waals surface area contributed by atoms with Gasteiger partial charge in [0.2, 0.25) is 0 Å². The summed E-state index contributed by atoms with van der Waals surface area (Å²) in [5, 5.41) is 0. The molecule has 0 heterocycles. The summed E-state index contributed by atoms with van der Waals surface area (Å²) in [5.74, 6) is 0. The highest BCUT2D eigenvalue weighted by atomic mass is 16.5. The van der Waals surface area contributed by atoms with Crippen molar-refractivity contribution in [3.8, 4) is 0 Å². The van der Waals surface area contributed by atoms with Gasteiger partial charge in [-0.05, 0) is 26.2 Å². The van der Waals surface area contributed by atoms with E-state index in [-0.39, 0.29) is 0 Å². The molecule has 0 saturated carbocycles. The molecule has 0 rings (SSSR count). The summed E-state index contributed by atoms with van der Waals surface area (Å²) in [4.78, 5) is 4.12. The number of nitrogens with zero attached hydrogens (tertiary/aromatic N) is 1. The van der Waals surface area contributed by atoms with E-state index in [9.17, 15) is 0 Å². The molecule has 1 atom stereocenters. The zero-order valence-corrected chi connectivity index (χ0v) is 8.76. The van der Waals surface area contributed by atoms with Gasteiger partial charge in [-0.15, -0.1) is 0 Å². The van der Waals surface area contributed by atoms with E-state index in [0.29, 0.717) is 6.10 Å². The smallest absolute Gasteiger partial charge is 0.0574 e. The fraction of sp³-hybridized carbons (Fsp3) is 0.900. The normalized spacial score (nSPS) is 14.8. The SMILES string of the molecule is CCCC(CCC(C)=NC)OC. The first-order chi connectivity index (χ1) is 5.74. The van der Waals surface area contributed by atoms with E-state index in [1.807, 2.05) is 7.05 Å². The van der Waals surface area contributed by atoms with Crippen LogP contribution < -0.4 is 0 Å². The van der Waals surface area contributed by atoms with Gasteiger partial charge in [0.25, 0.3) is 0 Å². The van der Waals surface area contributed by atoms with Crippen LogP contribution in [0.2, 0.25) is 0 Å². The lowest BCUT2D eigenvalue weighted by Gasteiger charge is -2.13. The Morgan fingerprint density at radius 2 is 2.08 bits per heavy atom. The van der Waals surface area contributed by atoms with Crippen molar-refractivity contribution in [2.24, 2.45) is 4.99 Å². The number of hydrogen-bond acceptors (Lipinski definition) is 2. The lowest BCUT2D eigenvalue weighted by atomic mass is 10.1. The first-order valence-corrected chi connectivity index (χ1v) is 4.69. The molecular formula is C10H21NO. The van der Waals surface area contributed by atoms with Gasteiger partial charge in [0.1, 0.15) is 0 Å². The average Bonchev–Trinajstić information content (AvgIpc) is 2.11. The third-order valence-corrected chi connectivity index (χ3v) is 2.15. The maximum absolute atomic E-state index is 5.33. The number of hydrogen-bond donors (Lipinski definition) is 0. The predicted molar refractivity (Wildman–Crippen MR) is 54.0 cm³/mol. The van der Waals surface area contributed by atoms with Crippen molar-refractivity contribution >= 4 is 5.71 Å². The minimum absolute atomic E-state index is 0.423. The van der Waals surface area contributed by atoms with E-state index >= 15 is 0 Å². The molecule has 0 fully saturated rings. The van der Waals surface area contributed by atoms with Crippen LogP contribution in [-0.4, -0.2) is 26.0 Å². The first kappa shape index (κ1) is 11.6. The van der Waals surface area contributed by atoms with Crippen molar-refractivity contribution in [3.05, 3.63) is 0 Å². The zero-order valence-electron chi connectivity index (χ0n) is 8.76. The van der Waals surface area contributed by atoms with Crippen LogP contribution in [0.1, 0.15) is 39.5 Å². The van der Waals surface area contributed by atoms with E-state index in [2.05, 4.69) is 18.8 Å². The second-order valence-electron chi connectivity index (χ2n) is 3.14. The van der Waals surface area contributed by atoms with Gasteiger partial charge in [0.05, 0.1) is 6.10 Å². The molecule has 0 aliphatic rings. The maximum atomic E-state index is 5.33. The molecule has 0 aromatic carbocycles. The second-order valence-corrected chi connectivity index (χ2v) is 3.14. The van der Waals surface area contributed by atoms with Crippen LogP contribution in [0.25, 0.3) is 0 Å². The Morgan fingerprint density at radius 3 is 2.50 bits per heavy atom. The monoisotopic (exact) mass is 171 g/mol. The molecule has 0 saturated heterocycles. The Morgan fingerprint density at radius 1 is 1.42 bits per heavy atom. The molecule has 1 unspecified atom stereocenters. The van der Waals surface area contributed by atoms with Gasteiger partial charge >= 0.3 is 0 Å². The van der Waals surface area contributed by atoms with Gasteiger partial charge in [-0.3, -0.25) is 4.99 Å². The van der Waals surface area contributed by atoms with Crippen LogP contribution in [-0.2, 0) is 4.74 Å². The van der Waals surface area contributed by atoms with Crippen molar-refractivity contribution < 1.29 is 4.74 Å². The van der Waals surface area contributed by atoms with Gasteiger partial charge in [0.15, 0.2) is 0 Å². The van der Waals surface area contributed by atoms with E-state index in [4.69, 9.17) is 4.74 Å². The number of methoxy groups -OCH3 is 1. The Labute approximate surface area is 76.0 Å². The van der Waals surface area contributed by atoms with Crippen LogP contribution in [0, 0.1) is 0 Å². The summed E-state index contributed by atoms with van der Waals surface area (Å²) in [6.45, 7) is 4.26. The minimum Gasteiger partial charge on any atom is -0.381 e. The molecule has 12 heavy (non-hydrogen) atoms. The molecule has 0 aromatic heterocycles. The van der Waals surface area contributed by atoms with Crippen molar-refractivity contribution in [1.82, 2.24) is 0 Å². The maximum Gasteiger partial charge on any atom is 0.0574 e. The summed E-state index contributed by atoms with van der Waals surface area (Å²) in [5.41, 5.74) is 1.22. The minimum atomic E-state index is 0.423. The van der Waals surface area contributed by atoms with Crippen molar-refractivity contribution in [1.29, 1.82) is 0 Å². The van der Waals surface area contributed by atoms with Gasteiger partial charge in [-0.1, -0.05) is 13.3 Å². The average molecular weight is 171 g/mol. The topological polar surface area (TPSA) is 21.6 Å². The molecule has 0 aliphatic heterocycles. The first-order valence-electron chi connectivity index (χ1n) is 4.69. The summed E-state index contributed by atoms with van der Waals surface area (Å²) in [6, 6.07) is 0. The number of rotatable bonds is 6. The van der Waals surface area contributed by atoms with Gasteiger partial charge in [0, 0.05) is 19.9 Å². The predicted octanol–water partition coefficient (Wildman–Crippen LogP) is 2.67. The Bertz CT molecular complexity index is 132. The molecule has 0 aliphatic carbocycles. The molecule has 2 heteroatoms. The number of ether oxygens (including phenoxy) is 1. The molecule has 0 bridgehead atoms. The highest BCUT2D eigenvalue weighted by Crippen LogP contribution is 2.08. The Hall–Kier alpha value is -0.370. The van der Waals surface area contributed by atoms with Gasteiger partial charge in [-0.25, -0.2) is 0 Å². The highest BCUT2D eigenvalue weighted by molar-refractivity contribution is 5.81. The van der Waals surface area contributed by atoms with Gasteiger partial charge < -0.3 is 4.74 Å². The van der Waals surface area contributed by atoms with E-state index in [1.54, 1.807) is 7.11 Å². The van der Waals surface area contributed by atoms with E-state index < -0.39 is 0 Å². The van der Waals surface area contributed by atoms with Crippen LogP contribution in [0.4, 0.5) is 0 Å². The Kier molecular flexibility index (Phi) is 7.06. The Balaban J connectivity index is 3.57. The van der Waals surface area contributed by atoms with Crippen LogP contribution >= 0.6 is 0 Å². The van der Waals surface area contributed by atoms with Crippen molar-refractivity contribution in [2.45, 2.75) is 45.6 Å². The quantitative estimate of drug-likeness (QED) is 0.563. The zero-order chi connectivity index (χ0) is 9.40. The molecule has 0 radical (unpaired) electrons. The molecule has 0 N–H and O–H groups in total. The highest BCUT2D eigenvalue weighted by Gasteiger charge is 2.05. The van der Waals surface area contributed by atoms with Crippen LogP contribution in [0.3, 0.4) is 0 Å². The molecule has 2 nitrogen and oxygen atoms in total. The lowest BCUT2D eigenvalue weighted by Crippen LogP contribution is -2.11. The van der Waals surface area contributed by atoms with E-state index in [1.165, 1.54) is 12.1 Å². The molecule has 0 amide bonds. The summed E-state index contributed by atoms with van der Waals surface area (Å²) >= 11 is 0. The second kappa shape index (κ2) is 7.29. The fourth-order valence-corrected chi connectivity index (χ4v) is 1.18. The van der Waals surface area contributed by atoms with Gasteiger partial charge in [-0.2, -0.15) is 0 Å². The lowest BCUT2D eigenvalue weighted by molar-refractivity contribution is 0.0891. The van der Waals surface area contributed by atoms with Crippen LogP contribution in [0.15, 0.2) is 4.99 Å². The molecule has 0 aromatic rings. The summed E-state index contributed by atoms with van der Waals surface area (Å²) in [6.07, 6.45) is 4.95. The van der Waals surface area contributed by atoms with Crippen molar-refractivity contribution in [2.75, 3.05) is 14.2 Å². The number of aliphatic imine (C=N–C) groups is 1. The third kappa shape index (κ3) is 5.30. The molecule has 0 spiro atoms.